The number of benzene rings is 1. The van der Waals surface area contributed by atoms with Crippen molar-refractivity contribution < 1.29 is 9.13 Å². The van der Waals surface area contributed by atoms with E-state index in [1.807, 2.05) is 0 Å². The largest absolute Gasteiger partial charge is 0.489 e. The summed E-state index contributed by atoms with van der Waals surface area (Å²) in [7, 11) is 1.67. The van der Waals surface area contributed by atoms with Crippen molar-refractivity contribution in [2.24, 2.45) is 5.73 Å². The van der Waals surface area contributed by atoms with Crippen molar-refractivity contribution in [1.29, 1.82) is 5.41 Å². The molecule has 5 heteroatoms. The lowest BCUT2D eigenvalue weighted by Crippen LogP contribution is -2.35. The van der Waals surface area contributed by atoms with Gasteiger partial charge in [-0.05, 0) is 12.1 Å². The standard InChI is InChI=1S/C10H14FN3O/c1-14(10(12)13)6-7-15-9-5-3-2-4-8(9)11/h2-5H,6-7H2,1H3,(H3,12,13). The molecule has 1 rings (SSSR count). The zero-order valence-electron chi connectivity index (χ0n) is 8.53. The third kappa shape index (κ3) is 3.46. The fourth-order valence-electron chi connectivity index (χ4n) is 0.975. The maximum atomic E-state index is 13.1. The van der Waals surface area contributed by atoms with Crippen LogP contribution in [0, 0.1) is 11.2 Å². The highest BCUT2D eigenvalue weighted by atomic mass is 19.1. The fourth-order valence-corrected chi connectivity index (χ4v) is 0.975. The Balaban J connectivity index is 2.38. The molecule has 1 aromatic rings. The Morgan fingerprint density at radius 2 is 2.20 bits per heavy atom. The molecule has 0 bridgehead atoms. The summed E-state index contributed by atoms with van der Waals surface area (Å²) in [4.78, 5) is 1.51. The number of rotatable bonds is 4. The van der Waals surface area contributed by atoms with E-state index in [2.05, 4.69) is 0 Å². The normalized spacial score (nSPS) is 9.73. The van der Waals surface area contributed by atoms with E-state index in [9.17, 15) is 4.39 Å². The quantitative estimate of drug-likeness (QED) is 0.577. The second-order valence-corrected chi connectivity index (χ2v) is 3.09. The first-order valence-electron chi connectivity index (χ1n) is 4.53. The first-order valence-corrected chi connectivity index (χ1v) is 4.53. The highest BCUT2D eigenvalue weighted by Gasteiger charge is 2.03. The summed E-state index contributed by atoms with van der Waals surface area (Å²) in [6.07, 6.45) is 0. The summed E-state index contributed by atoms with van der Waals surface area (Å²) in [6, 6.07) is 6.20. The minimum absolute atomic E-state index is 0.0351. The molecule has 0 atom stereocenters. The lowest BCUT2D eigenvalue weighted by Gasteiger charge is -2.16. The number of guanidine groups is 1. The van der Waals surface area contributed by atoms with E-state index in [1.54, 1.807) is 25.2 Å². The molecule has 4 nitrogen and oxygen atoms in total. The Kier molecular flexibility index (Phi) is 3.91. The van der Waals surface area contributed by atoms with Gasteiger partial charge >= 0.3 is 0 Å². The zero-order valence-corrected chi connectivity index (χ0v) is 8.53. The highest BCUT2D eigenvalue weighted by molar-refractivity contribution is 5.74. The Morgan fingerprint density at radius 1 is 1.53 bits per heavy atom. The van der Waals surface area contributed by atoms with Gasteiger partial charge in [0.05, 0.1) is 6.54 Å². The van der Waals surface area contributed by atoms with Crippen LogP contribution in [0.3, 0.4) is 0 Å². The van der Waals surface area contributed by atoms with Crippen LogP contribution in [-0.4, -0.2) is 31.1 Å². The number of likely N-dealkylation sites (N-methyl/N-ethyl adjacent to an activating group) is 1. The van der Waals surface area contributed by atoms with Crippen LogP contribution in [0.1, 0.15) is 0 Å². The molecule has 1 aromatic carbocycles. The van der Waals surface area contributed by atoms with Gasteiger partial charge in [-0.1, -0.05) is 12.1 Å². The number of nitrogens with two attached hydrogens (primary N) is 1. The van der Waals surface area contributed by atoms with Gasteiger partial charge in [-0.3, -0.25) is 5.41 Å². The van der Waals surface area contributed by atoms with Gasteiger partial charge in [0, 0.05) is 7.05 Å². The second-order valence-electron chi connectivity index (χ2n) is 3.09. The summed E-state index contributed by atoms with van der Waals surface area (Å²) in [5.74, 6) is -0.204. The van der Waals surface area contributed by atoms with E-state index in [4.69, 9.17) is 15.9 Å². The second kappa shape index (κ2) is 5.19. The van der Waals surface area contributed by atoms with Crippen molar-refractivity contribution >= 4 is 5.96 Å². The molecule has 0 heterocycles. The predicted octanol–water partition coefficient (Wildman–Crippen LogP) is 1.03. The van der Waals surface area contributed by atoms with E-state index in [-0.39, 0.29) is 24.1 Å². The van der Waals surface area contributed by atoms with E-state index < -0.39 is 0 Å². The van der Waals surface area contributed by atoms with Crippen LogP contribution >= 0.6 is 0 Å². The summed E-state index contributed by atoms with van der Waals surface area (Å²) in [5.41, 5.74) is 5.22. The molecule has 0 aliphatic carbocycles. The van der Waals surface area contributed by atoms with Crippen LogP contribution in [-0.2, 0) is 0 Å². The number of hydrogen-bond donors (Lipinski definition) is 2. The van der Waals surface area contributed by atoms with Gasteiger partial charge in [-0.15, -0.1) is 0 Å². The first-order chi connectivity index (χ1) is 7.11. The molecule has 0 saturated carbocycles. The van der Waals surface area contributed by atoms with Crippen LogP contribution in [0.4, 0.5) is 4.39 Å². The molecule has 0 saturated heterocycles. The molecule has 0 aliphatic heterocycles. The number of para-hydroxylation sites is 1. The van der Waals surface area contributed by atoms with Crippen LogP contribution < -0.4 is 10.5 Å². The molecule has 15 heavy (non-hydrogen) atoms. The molecule has 3 N–H and O–H groups in total. The fraction of sp³-hybridized carbons (Fsp3) is 0.300. The van der Waals surface area contributed by atoms with Gasteiger partial charge in [-0.2, -0.15) is 0 Å². The van der Waals surface area contributed by atoms with Crippen LogP contribution in [0.25, 0.3) is 0 Å². The molecule has 0 aliphatic rings. The van der Waals surface area contributed by atoms with E-state index >= 15 is 0 Å². The monoisotopic (exact) mass is 211 g/mol. The lowest BCUT2D eigenvalue weighted by atomic mass is 10.3. The third-order valence-electron chi connectivity index (χ3n) is 1.93. The van der Waals surface area contributed by atoms with Crippen molar-refractivity contribution in [3.63, 3.8) is 0 Å². The van der Waals surface area contributed by atoms with Crippen molar-refractivity contribution in [2.45, 2.75) is 0 Å². The number of nitrogens with one attached hydrogen (secondary N) is 1. The van der Waals surface area contributed by atoms with Crippen molar-refractivity contribution in [1.82, 2.24) is 4.90 Å². The smallest absolute Gasteiger partial charge is 0.188 e. The molecular formula is C10H14FN3O. The molecule has 0 fully saturated rings. The van der Waals surface area contributed by atoms with Crippen molar-refractivity contribution in [3.8, 4) is 5.75 Å². The minimum Gasteiger partial charge on any atom is -0.489 e. The number of halogens is 1. The Bertz CT molecular complexity index is 343. The molecular weight excluding hydrogens is 197 g/mol. The Hall–Kier alpha value is -1.78. The molecule has 0 aromatic heterocycles. The summed E-state index contributed by atoms with van der Waals surface area (Å²) in [5, 5.41) is 7.10. The third-order valence-corrected chi connectivity index (χ3v) is 1.93. The van der Waals surface area contributed by atoms with Crippen molar-refractivity contribution in [3.05, 3.63) is 30.1 Å². The average molecular weight is 211 g/mol. The summed E-state index contributed by atoms with van der Waals surface area (Å²) >= 11 is 0. The highest BCUT2D eigenvalue weighted by Crippen LogP contribution is 2.14. The molecule has 0 amide bonds. The Labute approximate surface area is 88.0 Å². The molecule has 82 valence electrons. The predicted molar refractivity (Wildman–Crippen MR) is 56.4 cm³/mol. The number of nitrogens with zero attached hydrogens (tertiary/aromatic N) is 1. The van der Waals surface area contributed by atoms with Crippen molar-refractivity contribution in [2.75, 3.05) is 20.2 Å². The lowest BCUT2D eigenvalue weighted by molar-refractivity contribution is 0.271. The van der Waals surface area contributed by atoms with E-state index in [0.29, 0.717) is 6.54 Å². The van der Waals surface area contributed by atoms with Gasteiger partial charge < -0.3 is 15.4 Å². The number of ether oxygens (including phenoxy) is 1. The molecule has 0 unspecified atom stereocenters. The SMILES string of the molecule is CN(CCOc1ccccc1F)C(=N)N. The van der Waals surface area contributed by atoms with Gasteiger partial charge in [0.25, 0.3) is 0 Å². The average Bonchev–Trinajstić information content (AvgIpc) is 2.20. The van der Waals surface area contributed by atoms with Gasteiger partial charge in [0.1, 0.15) is 6.61 Å². The Morgan fingerprint density at radius 3 is 2.80 bits per heavy atom. The topological polar surface area (TPSA) is 62.3 Å². The minimum atomic E-state index is -0.386. The van der Waals surface area contributed by atoms with Gasteiger partial charge in [0.15, 0.2) is 17.5 Å². The summed E-state index contributed by atoms with van der Waals surface area (Å²) in [6.45, 7) is 0.737. The number of hydrogen-bond acceptors (Lipinski definition) is 2. The molecule has 0 radical (unpaired) electrons. The van der Waals surface area contributed by atoms with E-state index in [0.717, 1.165) is 0 Å². The van der Waals surface area contributed by atoms with E-state index in [1.165, 1.54) is 11.0 Å². The maximum Gasteiger partial charge on any atom is 0.188 e. The maximum absolute atomic E-state index is 13.1. The summed E-state index contributed by atoms with van der Waals surface area (Å²) < 4.78 is 18.3. The van der Waals surface area contributed by atoms with Crippen LogP contribution in [0.5, 0.6) is 5.75 Å². The van der Waals surface area contributed by atoms with Crippen LogP contribution in [0.2, 0.25) is 0 Å². The molecule has 0 spiro atoms. The zero-order chi connectivity index (χ0) is 11.3. The first kappa shape index (κ1) is 11.3. The van der Waals surface area contributed by atoms with Gasteiger partial charge in [0.2, 0.25) is 0 Å². The van der Waals surface area contributed by atoms with Crippen LogP contribution in [0.15, 0.2) is 24.3 Å². The van der Waals surface area contributed by atoms with Gasteiger partial charge in [-0.25, -0.2) is 4.39 Å².